The van der Waals surface area contributed by atoms with Gasteiger partial charge in [-0.05, 0) is 65.7 Å². The average molecular weight is 819 g/mol. The maximum atomic E-state index is 6.67. The fourth-order valence-corrected chi connectivity index (χ4v) is 9.93. The molecule has 4 nitrogen and oxygen atoms in total. The van der Waals surface area contributed by atoms with E-state index in [-0.39, 0.29) is 0 Å². The summed E-state index contributed by atoms with van der Waals surface area (Å²) in [7, 11) is 0. The van der Waals surface area contributed by atoms with E-state index < -0.39 is 0 Å². The lowest BCUT2D eigenvalue weighted by molar-refractivity contribution is 0.669. The standard InChI is InChI=1S/C60H38N2O2/c1-2-16-39(17-3-1)40-32-34-41(35-33-40)61(53-27-9-5-19-44(53)49-23-14-25-51-47-21-7-12-30-57(47)63-59(49)51)42-36-37-46-43-18-4-10-28-54(43)62(56(46)38-42)55-29-11-6-20-45(55)50-24-15-26-52-48-22-8-13-31-58(48)64-60(50)52/h1-38H. The molecule has 0 N–H and O–H groups in total. The van der Waals surface area contributed by atoms with E-state index in [1.807, 2.05) is 12.1 Å². The molecular formula is C60H38N2O2. The van der Waals surface area contributed by atoms with Crippen molar-refractivity contribution in [1.29, 1.82) is 0 Å². The molecule has 10 aromatic carbocycles. The molecule has 13 rings (SSSR count). The van der Waals surface area contributed by atoms with Gasteiger partial charge in [0.05, 0.1) is 22.4 Å². The van der Waals surface area contributed by atoms with Crippen molar-refractivity contribution in [3.63, 3.8) is 0 Å². The minimum atomic E-state index is 0.877. The zero-order valence-electron chi connectivity index (χ0n) is 34.7. The second kappa shape index (κ2) is 14.5. The van der Waals surface area contributed by atoms with Gasteiger partial charge in [-0.3, -0.25) is 0 Å². The maximum Gasteiger partial charge on any atom is 0.143 e. The van der Waals surface area contributed by atoms with Crippen LogP contribution in [-0.2, 0) is 0 Å². The third kappa shape index (κ3) is 5.63. The Hall–Kier alpha value is -8.60. The number of para-hydroxylation sites is 7. The molecule has 0 aliphatic heterocycles. The van der Waals surface area contributed by atoms with E-state index in [4.69, 9.17) is 8.83 Å². The number of hydrogen-bond acceptors (Lipinski definition) is 3. The molecule has 0 unspecified atom stereocenters. The van der Waals surface area contributed by atoms with Gasteiger partial charge in [0.15, 0.2) is 0 Å². The Bertz CT molecular complexity index is 3910. The Morgan fingerprint density at radius 2 is 0.812 bits per heavy atom. The van der Waals surface area contributed by atoms with Crippen LogP contribution in [0.1, 0.15) is 0 Å². The molecule has 0 bridgehead atoms. The van der Waals surface area contributed by atoms with Gasteiger partial charge in [0.25, 0.3) is 0 Å². The highest BCUT2D eigenvalue weighted by molar-refractivity contribution is 6.14. The van der Waals surface area contributed by atoms with Gasteiger partial charge in [-0.1, -0.05) is 176 Å². The van der Waals surface area contributed by atoms with E-state index in [0.29, 0.717) is 0 Å². The van der Waals surface area contributed by atoms with Crippen molar-refractivity contribution in [3.05, 3.63) is 231 Å². The molecule has 0 spiro atoms. The van der Waals surface area contributed by atoms with Crippen molar-refractivity contribution in [2.75, 3.05) is 4.90 Å². The second-order valence-electron chi connectivity index (χ2n) is 16.4. The summed E-state index contributed by atoms with van der Waals surface area (Å²) in [6.45, 7) is 0. The molecule has 64 heavy (non-hydrogen) atoms. The van der Waals surface area contributed by atoms with E-state index in [0.717, 1.165) is 105 Å². The fourth-order valence-electron chi connectivity index (χ4n) is 9.93. The monoisotopic (exact) mass is 818 g/mol. The average Bonchev–Trinajstić information content (AvgIpc) is 4.04. The largest absolute Gasteiger partial charge is 0.455 e. The summed E-state index contributed by atoms with van der Waals surface area (Å²) in [5.41, 5.74) is 16.6. The van der Waals surface area contributed by atoms with Crippen molar-refractivity contribution >= 4 is 82.7 Å². The summed E-state index contributed by atoms with van der Waals surface area (Å²) in [5.74, 6) is 0. The molecule has 0 atom stereocenters. The van der Waals surface area contributed by atoms with Gasteiger partial charge in [0, 0.05) is 65.9 Å². The maximum absolute atomic E-state index is 6.67. The molecule has 13 aromatic rings. The topological polar surface area (TPSA) is 34.5 Å². The number of anilines is 3. The van der Waals surface area contributed by atoms with Gasteiger partial charge in [0.2, 0.25) is 0 Å². The Morgan fingerprint density at radius 1 is 0.312 bits per heavy atom. The van der Waals surface area contributed by atoms with Crippen molar-refractivity contribution in [1.82, 2.24) is 4.57 Å². The fraction of sp³-hybridized carbons (Fsp3) is 0. The second-order valence-corrected chi connectivity index (χ2v) is 16.4. The number of rotatable bonds is 7. The molecule has 0 radical (unpaired) electrons. The molecule has 3 aromatic heterocycles. The Morgan fingerprint density at radius 3 is 1.53 bits per heavy atom. The summed E-state index contributed by atoms with van der Waals surface area (Å²) in [6, 6.07) is 82.1. The molecule has 300 valence electrons. The summed E-state index contributed by atoms with van der Waals surface area (Å²) >= 11 is 0. The van der Waals surface area contributed by atoms with Crippen LogP contribution in [0.15, 0.2) is 239 Å². The van der Waals surface area contributed by atoms with E-state index >= 15 is 0 Å². The first-order valence-electron chi connectivity index (χ1n) is 21.8. The van der Waals surface area contributed by atoms with Gasteiger partial charge >= 0.3 is 0 Å². The SMILES string of the molecule is c1ccc(-c2ccc(N(c3ccc4c5ccccc5n(-c5ccccc5-c5cccc6c5oc5ccccc56)c4c3)c3ccccc3-c3cccc4c3oc3ccccc34)cc2)cc1. The highest BCUT2D eigenvalue weighted by Gasteiger charge is 2.23. The minimum absolute atomic E-state index is 0.877. The Labute approximate surface area is 369 Å². The van der Waals surface area contributed by atoms with Crippen LogP contribution in [0.3, 0.4) is 0 Å². The van der Waals surface area contributed by atoms with Crippen LogP contribution in [0.4, 0.5) is 17.1 Å². The van der Waals surface area contributed by atoms with Crippen LogP contribution >= 0.6 is 0 Å². The van der Waals surface area contributed by atoms with Crippen molar-refractivity contribution in [2.24, 2.45) is 0 Å². The van der Waals surface area contributed by atoms with Gasteiger partial charge in [0.1, 0.15) is 22.3 Å². The highest BCUT2D eigenvalue weighted by Crippen LogP contribution is 2.47. The summed E-state index contributed by atoms with van der Waals surface area (Å²) in [6.07, 6.45) is 0. The molecule has 0 aliphatic carbocycles. The lowest BCUT2D eigenvalue weighted by Gasteiger charge is -2.28. The third-order valence-corrected chi connectivity index (χ3v) is 12.8. The van der Waals surface area contributed by atoms with E-state index in [1.54, 1.807) is 0 Å². The first-order valence-corrected chi connectivity index (χ1v) is 21.8. The van der Waals surface area contributed by atoms with Gasteiger partial charge < -0.3 is 18.3 Å². The summed E-state index contributed by atoms with van der Waals surface area (Å²) < 4.78 is 15.7. The van der Waals surface area contributed by atoms with Crippen molar-refractivity contribution in [3.8, 4) is 39.1 Å². The quantitative estimate of drug-likeness (QED) is 0.161. The van der Waals surface area contributed by atoms with Gasteiger partial charge in [-0.25, -0.2) is 0 Å². The predicted octanol–water partition coefficient (Wildman–Crippen LogP) is 17.1. The number of fused-ring (bicyclic) bond motifs is 9. The molecule has 0 aliphatic rings. The molecule has 4 heteroatoms. The smallest absolute Gasteiger partial charge is 0.143 e. The molecule has 3 heterocycles. The summed E-state index contributed by atoms with van der Waals surface area (Å²) in [5, 5.41) is 6.81. The number of nitrogens with zero attached hydrogens (tertiary/aromatic N) is 2. The molecule has 0 amide bonds. The lowest BCUT2D eigenvalue weighted by atomic mass is 9.99. The zero-order chi connectivity index (χ0) is 42.1. The van der Waals surface area contributed by atoms with Crippen LogP contribution in [0, 0.1) is 0 Å². The summed E-state index contributed by atoms with van der Waals surface area (Å²) in [4.78, 5) is 2.40. The van der Waals surface area contributed by atoms with Crippen molar-refractivity contribution in [2.45, 2.75) is 0 Å². The lowest BCUT2D eigenvalue weighted by Crippen LogP contribution is -2.11. The van der Waals surface area contributed by atoms with Crippen LogP contribution in [0.5, 0.6) is 0 Å². The van der Waals surface area contributed by atoms with E-state index in [2.05, 4.69) is 228 Å². The third-order valence-electron chi connectivity index (χ3n) is 12.8. The Balaban J connectivity index is 1.05. The number of furan rings is 2. The first-order chi connectivity index (χ1) is 31.8. The number of hydrogen-bond donors (Lipinski definition) is 0. The molecule has 0 saturated heterocycles. The van der Waals surface area contributed by atoms with Crippen LogP contribution in [0.2, 0.25) is 0 Å². The van der Waals surface area contributed by atoms with Gasteiger partial charge in [-0.2, -0.15) is 0 Å². The highest BCUT2D eigenvalue weighted by atomic mass is 16.3. The van der Waals surface area contributed by atoms with Crippen LogP contribution in [0.25, 0.3) is 105 Å². The normalized spacial score (nSPS) is 11.8. The Kier molecular flexibility index (Phi) is 8.18. The predicted molar refractivity (Wildman–Crippen MR) is 266 cm³/mol. The number of aromatic nitrogens is 1. The van der Waals surface area contributed by atoms with E-state index in [9.17, 15) is 0 Å². The van der Waals surface area contributed by atoms with Gasteiger partial charge in [-0.15, -0.1) is 0 Å². The molecule has 0 fully saturated rings. The first kappa shape index (κ1) is 36.1. The molecule has 0 saturated carbocycles. The minimum Gasteiger partial charge on any atom is -0.455 e. The van der Waals surface area contributed by atoms with Crippen LogP contribution in [-0.4, -0.2) is 4.57 Å². The van der Waals surface area contributed by atoms with Crippen LogP contribution < -0.4 is 4.90 Å². The molecular weight excluding hydrogens is 781 g/mol. The van der Waals surface area contributed by atoms with Crippen molar-refractivity contribution < 1.29 is 8.83 Å². The van der Waals surface area contributed by atoms with E-state index in [1.165, 1.54) is 16.3 Å². The number of benzene rings is 10. The zero-order valence-corrected chi connectivity index (χ0v) is 34.7.